The number of nitrogens with zero attached hydrogens (tertiary/aromatic N) is 3. The van der Waals surface area contributed by atoms with Crippen LogP contribution in [0.4, 0.5) is 20.3 Å². The van der Waals surface area contributed by atoms with Gasteiger partial charge in [-0.05, 0) is 73.1 Å². The number of aromatic nitrogens is 1. The summed E-state index contributed by atoms with van der Waals surface area (Å²) in [6, 6.07) is 10.5. The number of ether oxygens (including phenoxy) is 1. The van der Waals surface area contributed by atoms with Gasteiger partial charge in [0.2, 0.25) is 5.95 Å². The number of anilines is 2. The van der Waals surface area contributed by atoms with Crippen LogP contribution in [0.25, 0.3) is 22.3 Å². The third-order valence-electron chi connectivity index (χ3n) is 6.62. The van der Waals surface area contributed by atoms with Crippen LogP contribution in [-0.2, 0) is 17.7 Å². The maximum atomic E-state index is 15.1. The molecule has 0 saturated carbocycles. The minimum Gasteiger partial charge on any atom is -0.383 e. The molecule has 2 aliphatic rings. The van der Waals surface area contributed by atoms with Crippen LogP contribution in [0.5, 0.6) is 0 Å². The van der Waals surface area contributed by atoms with E-state index in [9.17, 15) is 9.18 Å². The lowest BCUT2D eigenvalue weighted by Crippen LogP contribution is -2.37. The van der Waals surface area contributed by atoms with Gasteiger partial charge in [0.1, 0.15) is 11.6 Å². The van der Waals surface area contributed by atoms with Crippen LogP contribution in [-0.4, -0.2) is 62.7 Å². The molecule has 1 amide bonds. The van der Waals surface area contributed by atoms with E-state index in [1.165, 1.54) is 6.07 Å². The van der Waals surface area contributed by atoms with Crippen molar-refractivity contribution in [3.8, 4) is 22.3 Å². The lowest BCUT2D eigenvalue weighted by Gasteiger charge is -2.31. The Bertz CT molecular complexity index is 1320. The van der Waals surface area contributed by atoms with Crippen molar-refractivity contribution in [3.63, 3.8) is 0 Å². The van der Waals surface area contributed by atoms with Gasteiger partial charge >= 0.3 is 0 Å². The van der Waals surface area contributed by atoms with E-state index in [-0.39, 0.29) is 16.9 Å². The lowest BCUT2D eigenvalue weighted by atomic mass is 9.93. The third-order valence-corrected chi connectivity index (χ3v) is 6.62. The van der Waals surface area contributed by atoms with Crippen molar-refractivity contribution >= 4 is 17.4 Å². The van der Waals surface area contributed by atoms with Crippen LogP contribution in [0.1, 0.15) is 35.3 Å². The zero-order chi connectivity index (χ0) is 27.4. The van der Waals surface area contributed by atoms with Crippen LogP contribution >= 0.6 is 0 Å². The molecule has 1 fully saturated rings. The van der Waals surface area contributed by atoms with Crippen molar-refractivity contribution in [1.29, 1.82) is 0 Å². The van der Waals surface area contributed by atoms with Crippen LogP contribution in [0.3, 0.4) is 0 Å². The predicted molar refractivity (Wildman–Crippen MR) is 147 cm³/mol. The molecule has 3 heterocycles. The summed E-state index contributed by atoms with van der Waals surface area (Å²) in [6.45, 7) is 8.04. The standard InChI is InChI=1S/C27H29F2N5O2.C2H6/c1-33(2)15-19-11-16(3-4-23(19)34-7-9-36-10-8-34)20-14-21(26(30)32-25(20)29)18-12-17-5-6-31-27(35)24(17)22(28)13-18;1-2/h3-4,11-14H,5-10,15H2,1-2H3,(H2,30,32)(H,31,35);1-2H3. The van der Waals surface area contributed by atoms with Gasteiger partial charge in [0.05, 0.1) is 18.8 Å². The van der Waals surface area contributed by atoms with Crippen LogP contribution in [0.15, 0.2) is 36.4 Å². The van der Waals surface area contributed by atoms with E-state index in [0.29, 0.717) is 55.0 Å². The summed E-state index contributed by atoms with van der Waals surface area (Å²) in [7, 11) is 3.98. The molecule has 0 unspecified atom stereocenters. The monoisotopic (exact) mass is 523 g/mol. The number of amides is 1. The Balaban J connectivity index is 0.00000164. The van der Waals surface area contributed by atoms with Crippen LogP contribution in [0.2, 0.25) is 0 Å². The Hall–Kier alpha value is -3.56. The first-order chi connectivity index (χ1) is 18.3. The molecule has 5 rings (SSSR count). The van der Waals surface area contributed by atoms with E-state index in [0.717, 1.165) is 24.3 Å². The molecule has 0 radical (unpaired) electrons. The molecular formula is C29H35F2N5O2. The van der Waals surface area contributed by atoms with E-state index in [1.54, 1.807) is 12.1 Å². The van der Waals surface area contributed by atoms with E-state index < -0.39 is 17.7 Å². The second-order valence-corrected chi connectivity index (χ2v) is 9.44. The molecule has 0 aliphatic carbocycles. The Kier molecular flexibility index (Phi) is 8.58. The largest absolute Gasteiger partial charge is 0.383 e. The number of hydrogen-bond donors (Lipinski definition) is 2. The maximum Gasteiger partial charge on any atom is 0.254 e. The van der Waals surface area contributed by atoms with Gasteiger partial charge < -0.3 is 25.6 Å². The number of rotatable bonds is 5. The minimum atomic E-state index is -0.691. The molecule has 2 aliphatic heterocycles. The maximum absolute atomic E-state index is 15.1. The fraction of sp³-hybridized carbons (Fsp3) is 0.379. The quantitative estimate of drug-likeness (QED) is 0.480. The fourth-order valence-electron chi connectivity index (χ4n) is 4.94. The summed E-state index contributed by atoms with van der Waals surface area (Å²) < 4.78 is 35.5. The molecule has 7 nitrogen and oxygen atoms in total. The minimum absolute atomic E-state index is 0.0330. The Labute approximate surface area is 222 Å². The van der Waals surface area contributed by atoms with Gasteiger partial charge in [0.15, 0.2) is 0 Å². The molecular weight excluding hydrogens is 488 g/mol. The molecule has 1 aromatic heterocycles. The average Bonchev–Trinajstić information content (AvgIpc) is 2.90. The molecule has 0 spiro atoms. The number of hydrogen-bond acceptors (Lipinski definition) is 6. The number of fused-ring (bicyclic) bond motifs is 1. The predicted octanol–water partition coefficient (Wildman–Crippen LogP) is 4.49. The summed E-state index contributed by atoms with van der Waals surface area (Å²) >= 11 is 0. The second kappa shape index (κ2) is 11.9. The first-order valence-corrected chi connectivity index (χ1v) is 13.0. The molecule has 202 valence electrons. The highest BCUT2D eigenvalue weighted by atomic mass is 19.1. The summed E-state index contributed by atoms with van der Waals surface area (Å²) in [5, 5.41) is 2.66. The van der Waals surface area contributed by atoms with Crippen LogP contribution in [0, 0.1) is 11.8 Å². The highest BCUT2D eigenvalue weighted by Crippen LogP contribution is 2.36. The number of morpholine rings is 1. The molecule has 38 heavy (non-hydrogen) atoms. The molecule has 2 aromatic carbocycles. The average molecular weight is 524 g/mol. The van der Waals surface area contributed by atoms with Gasteiger partial charge in [-0.1, -0.05) is 19.9 Å². The number of nitrogens with one attached hydrogen (secondary N) is 1. The number of carbonyl (C=O) groups is 1. The number of carbonyl (C=O) groups excluding carboxylic acids is 1. The normalized spacial score (nSPS) is 15.0. The van der Waals surface area contributed by atoms with Gasteiger partial charge in [-0.2, -0.15) is 4.39 Å². The van der Waals surface area contributed by atoms with Gasteiger partial charge in [0, 0.05) is 43.0 Å². The first kappa shape index (κ1) is 27.5. The highest BCUT2D eigenvalue weighted by molar-refractivity contribution is 5.98. The van der Waals surface area contributed by atoms with Crippen molar-refractivity contribution in [2.75, 3.05) is 57.6 Å². The number of nitrogens with two attached hydrogens (primary N) is 1. The Morgan fingerprint density at radius 3 is 2.50 bits per heavy atom. The van der Waals surface area contributed by atoms with Crippen molar-refractivity contribution in [2.45, 2.75) is 26.8 Å². The Morgan fingerprint density at radius 2 is 1.79 bits per heavy atom. The van der Waals surface area contributed by atoms with Crippen LogP contribution < -0.4 is 16.0 Å². The summed E-state index contributed by atoms with van der Waals surface area (Å²) in [4.78, 5) is 20.4. The van der Waals surface area contributed by atoms with Gasteiger partial charge in [-0.3, -0.25) is 4.79 Å². The SMILES string of the molecule is CC.CN(C)Cc1cc(-c2cc(-c3cc(F)c4c(c3)CCNC4=O)c(N)nc2F)ccc1N1CCOCC1. The van der Waals surface area contributed by atoms with Crippen molar-refractivity contribution in [2.24, 2.45) is 0 Å². The number of pyridine rings is 1. The third kappa shape index (κ3) is 5.63. The number of nitrogen functional groups attached to an aromatic ring is 1. The van der Waals surface area contributed by atoms with E-state index in [4.69, 9.17) is 10.5 Å². The van der Waals surface area contributed by atoms with E-state index in [2.05, 4.69) is 20.1 Å². The van der Waals surface area contributed by atoms with Crippen molar-refractivity contribution < 1.29 is 18.3 Å². The molecule has 3 N–H and O–H groups in total. The molecule has 3 aromatic rings. The van der Waals surface area contributed by atoms with Gasteiger partial charge in [0.25, 0.3) is 5.91 Å². The zero-order valence-corrected chi connectivity index (χ0v) is 22.4. The second-order valence-electron chi connectivity index (χ2n) is 9.44. The lowest BCUT2D eigenvalue weighted by molar-refractivity contribution is 0.0941. The van der Waals surface area contributed by atoms with Crippen molar-refractivity contribution in [3.05, 3.63) is 64.9 Å². The molecule has 1 saturated heterocycles. The smallest absolute Gasteiger partial charge is 0.254 e. The van der Waals surface area contributed by atoms with Gasteiger partial charge in [-0.25, -0.2) is 9.37 Å². The van der Waals surface area contributed by atoms with Crippen molar-refractivity contribution in [1.82, 2.24) is 15.2 Å². The van der Waals surface area contributed by atoms with Gasteiger partial charge in [-0.15, -0.1) is 0 Å². The summed E-state index contributed by atoms with van der Waals surface area (Å²) in [5.74, 6) is -1.79. The molecule has 0 bridgehead atoms. The first-order valence-electron chi connectivity index (χ1n) is 13.0. The summed E-state index contributed by atoms with van der Waals surface area (Å²) in [6.07, 6.45) is 0.504. The summed E-state index contributed by atoms with van der Waals surface area (Å²) in [5.41, 5.74) is 10.7. The fourth-order valence-corrected chi connectivity index (χ4v) is 4.94. The van der Waals surface area contributed by atoms with E-state index >= 15 is 4.39 Å². The zero-order valence-electron chi connectivity index (χ0n) is 22.4. The Morgan fingerprint density at radius 1 is 1.05 bits per heavy atom. The highest BCUT2D eigenvalue weighted by Gasteiger charge is 2.24. The molecule has 0 atom stereocenters. The van der Waals surface area contributed by atoms with E-state index in [1.807, 2.05) is 46.1 Å². The molecule has 9 heteroatoms. The topological polar surface area (TPSA) is 83.7 Å². The number of benzene rings is 2. The number of halogens is 2.